The number of aromatic nitrogens is 1. The first kappa shape index (κ1) is 26.3. The number of anilines is 2. The molecule has 2 aliphatic heterocycles. The van der Waals surface area contributed by atoms with E-state index in [1.54, 1.807) is 12.1 Å². The molecule has 3 heterocycles. The number of nitrogens with one attached hydrogen (secondary N) is 1. The van der Waals surface area contributed by atoms with Crippen molar-refractivity contribution in [1.82, 2.24) is 14.8 Å². The zero-order valence-corrected chi connectivity index (χ0v) is 22.8. The third-order valence-corrected chi connectivity index (χ3v) is 8.20. The summed E-state index contributed by atoms with van der Waals surface area (Å²) in [6, 6.07) is 22.7. The van der Waals surface area contributed by atoms with Crippen molar-refractivity contribution < 1.29 is 9.18 Å². The van der Waals surface area contributed by atoms with Crippen LogP contribution in [0.1, 0.15) is 41.6 Å². The lowest BCUT2D eigenvalue weighted by Crippen LogP contribution is -2.42. The molecule has 1 amide bonds. The molecule has 3 aromatic carbocycles. The van der Waals surface area contributed by atoms with E-state index in [-0.39, 0.29) is 17.8 Å². The van der Waals surface area contributed by atoms with Gasteiger partial charge in [-0.2, -0.15) is 0 Å². The fourth-order valence-electron chi connectivity index (χ4n) is 6.09. The molecule has 1 aromatic heterocycles. The summed E-state index contributed by atoms with van der Waals surface area (Å²) in [7, 11) is 0. The van der Waals surface area contributed by atoms with Crippen LogP contribution < -0.4 is 11.1 Å². The van der Waals surface area contributed by atoms with E-state index >= 15 is 0 Å². The Morgan fingerprint density at radius 3 is 2.55 bits per heavy atom. The van der Waals surface area contributed by atoms with E-state index in [1.165, 1.54) is 18.9 Å². The molecule has 1 atom stereocenters. The molecule has 0 spiro atoms. The van der Waals surface area contributed by atoms with Crippen LogP contribution >= 0.6 is 0 Å². The van der Waals surface area contributed by atoms with E-state index in [1.807, 2.05) is 48.5 Å². The predicted octanol–water partition coefficient (Wildman–Crippen LogP) is 5.98. The lowest BCUT2D eigenvalue weighted by atomic mass is 9.99. The fourth-order valence-corrected chi connectivity index (χ4v) is 6.09. The Bertz CT molecular complexity index is 1500. The number of likely N-dealkylation sites (tertiary alicyclic amines) is 2. The second kappa shape index (κ2) is 11.6. The molecule has 3 N–H and O–H groups in total. The number of pyridine rings is 1. The molecule has 2 fully saturated rings. The zero-order chi connectivity index (χ0) is 27.5. The number of hydrogen-bond donors (Lipinski definition) is 2. The van der Waals surface area contributed by atoms with E-state index in [4.69, 9.17) is 10.7 Å². The summed E-state index contributed by atoms with van der Waals surface area (Å²) >= 11 is 0. The molecule has 2 aliphatic rings. The van der Waals surface area contributed by atoms with Crippen molar-refractivity contribution >= 4 is 28.3 Å². The zero-order valence-electron chi connectivity index (χ0n) is 22.8. The van der Waals surface area contributed by atoms with Gasteiger partial charge in [-0.1, -0.05) is 30.3 Å². The third-order valence-electron chi connectivity index (χ3n) is 8.20. The molecule has 2 saturated heterocycles. The van der Waals surface area contributed by atoms with Crippen molar-refractivity contribution in [3.05, 3.63) is 89.7 Å². The normalized spacial score (nSPS) is 17.5. The smallest absolute Gasteiger partial charge is 0.254 e. The summed E-state index contributed by atoms with van der Waals surface area (Å²) in [6.07, 6.45) is 5.21. The van der Waals surface area contributed by atoms with Crippen molar-refractivity contribution in [1.29, 1.82) is 0 Å². The second-order valence-electron chi connectivity index (χ2n) is 11.0. The Kier molecular flexibility index (Phi) is 7.64. The first-order chi connectivity index (χ1) is 19.5. The van der Waals surface area contributed by atoms with E-state index in [0.717, 1.165) is 66.6 Å². The van der Waals surface area contributed by atoms with Gasteiger partial charge >= 0.3 is 0 Å². The van der Waals surface area contributed by atoms with Crippen LogP contribution in [0.3, 0.4) is 0 Å². The van der Waals surface area contributed by atoms with Crippen LogP contribution in [0.15, 0.2) is 72.8 Å². The van der Waals surface area contributed by atoms with E-state index in [2.05, 4.69) is 21.2 Å². The first-order valence-electron chi connectivity index (χ1n) is 14.4. The molecule has 206 valence electrons. The van der Waals surface area contributed by atoms with E-state index in [0.29, 0.717) is 30.0 Å². The van der Waals surface area contributed by atoms with Gasteiger partial charge in [0.1, 0.15) is 11.6 Å². The molecule has 4 aromatic rings. The fraction of sp³-hybridized carbons (Fsp3) is 0.333. The maximum atomic E-state index is 14.2. The number of benzene rings is 3. The molecular weight excluding hydrogens is 501 g/mol. The third kappa shape index (κ3) is 5.80. The Morgan fingerprint density at radius 1 is 0.950 bits per heavy atom. The molecule has 0 aliphatic carbocycles. The number of amides is 1. The molecule has 0 unspecified atom stereocenters. The quantitative estimate of drug-likeness (QED) is 0.271. The Balaban J connectivity index is 1.32. The van der Waals surface area contributed by atoms with Crippen LogP contribution in [-0.2, 0) is 6.42 Å². The summed E-state index contributed by atoms with van der Waals surface area (Å²) in [5.41, 5.74) is 11.0. The number of nitrogens with two attached hydrogens (primary N) is 1. The van der Waals surface area contributed by atoms with E-state index < -0.39 is 0 Å². The molecule has 7 heteroatoms. The number of carbonyl (C=O) groups excluding carboxylic acids is 1. The van der Waals surface area contributed by atoms with Crippen molar-refractivity contribution in [2.45, 2.75) is 38.1 Å². The van der Waals surface area contributed by atoms with Gasteiger partial charge in [0, 0.05) is 36.7 Å². The van der Waals surface area contributed by atoms with Crippen molar-refractivity contribution in [3.63, 3.8) is 0 Å². The number of fused-ring (bicyclic) bond motifs is 1. The molecule has 6 nitrogen and oxygen atoms in total. The van der Waals surface area contributed by atoms with Gasteiger partial charge in [-0.05, 0) is 104 Å². The molecular formula is C33H36FN5O. The van der Waals surface area contributed by atoms with Crippen molar-refractivity contribution in [2.75, 3.05) is 43.8 Å². The molecule has 40 heavy (non-hydrogen) atoms. The van der Waals surface area contributed by atoms with Gasteiger partial charge in [0.2, 0.25) is 0 Å². The van der Waals surface area contributed by atoms with Gasteiger partial charge in [0.25, 0.3) is 5.91 Å². The number of rotatable bonds is 8. The van der Waals surface area contributed by atoms with Gasteiger partial charge in [0.05, 0.1) is 11.1 Å². The average Bonchev–Trinajstić information content (AvgIpc) is 3.65. The minimum absolute atomic E-state index is 0.0664. The number of nitrogens with zero attached hydrogens (tertiary/aromatic N) is 3. The monoisotopic (exact) mass is 537 g/mol. The summed E-state index contributed by atoms with van der Waals surface area (Å²) in [4.78, 5) is 23.7. The van der Waals surface area contributed by atoms with Gasteiger partial charge in [-0.3, -0.25) is 4.79 Å². The SMILES string of the molecule is Nc1ccc(-c2ccc3nc(NCCc4cccc(F)c4)cc(C(=O)N4CCC[C@H]4CN4CCCC4)c3c2)cc1. The lowest BCUT2D eigenvalue weighted by Gasteiger charge is -2.29. The van der Waals surface area contributed by atoms with Crippen LogP contribution in [0.5, 0.6) is 0 Å². The molecule has 0 radical (unpaired) electrons. The maximum absolute atomic E-state index is 14.2. The highest BCUT2D eigenvalue weighted by molar-refractivity contribution is 6.08. The standard InChI is InChI=1S/C33H36FN5O/c34-26-6-3-5-23(19-26)14-15-36-32-21-30(33(40)39-18-4-7-28(39)22-38-16-1-2-17-38)29-20-25(10-13-31(29)37-32)24-8-11-27(35)12-9-24/h3,5-6,8-13,19-21,28H,1-2,4,7,14-18,22,35H2,(H,36,37)/t28-/m0/s1. The van der Waals surface area contributed by atoms with Crippen LogP contribution in [0.25, 0.3) is 22.0 Å². The topological polar surface area (TPSA) is 74.5 Å². The van der Waals surface area contributed by atoms with Crippen LogP contribution in [0, 0.1) is 5.82 Å². The minimum Gasteiger partial charge on any atom is -0.399 e. The van der Waals surface area contributed by atoms with E-state index in [9.17, 15) is 9.18 Å². The van der Waals surface area contributed by atoms with Crippen molar-refractivity contribution in [3.8, 4) is 11.1 Å². The Labute approximate surface area is 235 Å². The summed E-state index contributed by atoms with van der Waals surface area (Å²) < 4.78 is 13.6. The highest BCUT2D eigenvalue weighted by Gasteiger charge is 2.32. The minimum atomic E-state index is -0.236. The molecule has 0 saturated carbocycles. The number of carbonyl (C=O) groups is 1. The largest absolute Gasteiger partial charge is 0.399 e. The summed E-state index contributed by atoms with van der Waals surface area (Å²) in [5, 5.41) is 4.24. The van der Waals surface area contributed by atoms with Gasteiger partial charge in [0.15, 0.2) is 0 Å². The Morgan fingerprint density at radius 2 is 1.75 bits per heavy atom. The van der Waals surface area contributed by atoms with Crippen LogP contribution in [0.2, 0.25) is 0 Å². The second-order valence-corrected chi connectivity index (χ2v) is 11.0. The molecule has 0 bridgehead atoms. The highest BCUT2D eigenvalue weighted by atomic mass is 19.1. The van der Waals surface area contributed by atoms with Crippen molar-refractivity contribution in [2.24, 2.45) is 0 Å². The molecule has 6 rings (SSSR count). The van der Waals surface area contributed by atoms with Crippen LogP contribution in [0.4, 0.5) is 15.9 Å². The first-order valence-corrected chi connectivity index (χ1v) is 14.4. The van der Waals surface area contributed by atoms with Gasteiger partial charge < -0.3 is 20.9 Å². The summed E-state index contributed by atoms with van der Waals surface area (Å²) in [5.74, 6) is 0.486. The lowest BCUT2D eigenvalue weighted by molar-refractivity contribution is 0.0710. The number of hydrogen-bond acceptors (Lipinski definition) is 5. The number of nitrogen functional groups attached to an aromatic ring is 1. The summed E-state index contributed by atoms with van der Waals surface area (Å²) in [6.45, 7) is 4.56. The maximum Gasteiger partial charge on any atom is 0.254 e. The average molecular weight is 538 g/mol. The van der Waals surface area contributed by atoms with Gasteiger partial charge in [-0.25, -0.2) is 9.37 Å². The number of halogens is 1. The van der Waals surface area contributed by atoms with Gasteiger partial charge in [-0.15, -0.1) is 0 Å². The predicted molar refractivity (Wildman–Crippen MR) is 160 cm³/mol. The van der Waals surface area contributed by atoms with Crippen LogP contribution in [-0.4, -0.2) is 59.5 Å². The Hall–Kier alpha value is -3.97. The highest BCUT2D eigenvalue weighted by Crippen LogP contribution is 2.31.